The molecule has 0 aromatic heterocycles. The fourth-order valence-corrected chi connectivity index (χ4v) is 3.28. The molecule has 0 atom stereocenters. The Balaban J connectivity index is 0. The summed E-state index contributed by atoms with van der Waals surface area (Å²) in [7, 11) is 0. The van der Waals surface area contributed by atoms with Gasteiger partial charge < -0.3 is 9.84 Å². The van der Waals surface area contributed by atoms with Gasteiger partial charge in [-0.15, -0.1) is 13.2 Å². The Morgan fingerprint density at radius 3 is 1.83 bits per heavy atom. The SMILES string of the molecule is C=CCSCCC(C)(C)O.C=CCSCCC(C)(C)OC(=O)C=C. The zero-order valence-electron chi connectivity index (χ0n) is 15.7. The summed E-state index contributed by atoms with van der Waals surface area (Å²) in [6, 6.07) is 0. The standard InChI is InChI=1S/C11H18O2S.C8H16OS/c1-5-8-14-9-7-11(3,4)13-10(12)6-2;1-4-6-10-7-5-8(2,3)9/h5-6H,1-2,7-9H2,3-4H3;4,9H,1,5-7H2,2-3H3. The van der Waals surface area contributed by atoms with Crippen LogP contribution in [0.15, 0.2) is 38.0 Å². The van der Waals surface area contributed by atoms with Crippen LogP contribution in [-0.4, -0.2) is 45.3 Å². The number of rotatable bonds is 12. The third kappa shape index (κ3) is 21.4. The van der Waals surface area contributed by atoms with E-state index in [1.807, 2.05) is 39.8 Å². The van der Waals surface area contributed by atoms with E-state index in [1.54, 1.807) is 23.5 Å². The molecule has 0 spiro atoms. The summed E-state index contributed by atoms with van der Waals surface area (Å²) in [5.74, 6) is 3.53. The lowest BCUT2D eigenvalue weighted by Crippen LogP contribution is -2.27. The number of thioether (sulfide) groups is 2. The summed E-state index contributed by atoms with van der Waals surface area (Å²) in [5, 5.41) is 9.28. The highest BCUT2D eigenvalue weighted by Crippen LogP contribution is 2.18. The van der Waals surface area contributed by atoms with Crippen LogP contribution >= 0.6 is 23.5 Å². The molecule has 0 unspecified atom stereocenters. The van der Waals surface area contributed by atoms with Crippen molar-refractivity contribution in [1.29, 1.82) is 0 Å². The first-order valence-electron chi connectivity index (χ1n) is 8.03. The monoisotopic (exact) mass is 374 g/mol. The summed E-state index contributed by atoms with van der Waals surface area (Å²) in [4.78, 5) is 11.0. The summed E-state index contributed by atoms with van der Waals surface area (Å²) < 4.78 is 5.17. The zero-order chi connectivity index (χ0) is 19.1. The Bertz CT molecular complexity index is 371. The molecule has 0 amide bonds. The van der Waals surface area contributed by atoms with E-state index in [-0.39, 0.29) is 5.97 Å². The third-order valence-electron chi connectivity index (χ3n) is 2.72. The quantitative estimate of drug-likeness (QED) is 0.228. The minimum absolute atomic E-state index is 0.358. The molecule has 0 aliphatic carbocycles. The molecule has 140 valence electrons. The van der Waals surface area contributed by atoms with Gasteiger partial charge in [0.1, 0.15) is 5.60 Å². The molecule has 0 fully saturated rings. The molecule has 5 heteroatoms. The van der Waals surface area contributed by atoms with Crippen LogP contribution < -0.4 is 0 Å². The van der Waals surface area contributed by atoms with Crippen molar-refractivity contribution in [2.24, 2.45) is 0 Å². The summed E-state index contributed by atoms with van der Waals surface area (Å²) in [5.41, 5.74) is -0.909. The van der Waals surface area contributed by atoms with E-state index >= 15 is 0 Å². The minimum Gasteiger partial charge on any atom is -0.456 e. The van der Waals surface area contributed by atoms with Crippen molar-refractivity contribution in [3.05, 3.63) is 38.0 Å². The summed E-state index contributed by atoms with van der Waals surface area (Å²) in [6.45, 7) is 18.1. The largest absolute Gasteiger partial charge is 0.456 e. The lowest BCUT2D eigenvalue weighted by atomic mass is 10.1. The highest BCUT2D eigenvalue weighted by atomic mass is 32.2. The smallest absolute Gasteiger partial charge is 0.330 e. The van der Waals surface area contributed by atoms with Crippen molar-refractivity contribution in [2.75, 3.05) is 23.0 Å². The maximum absolute atomic E-state index is 11.0. The maximum Gasteiger partial charge on any atom is 0.330 e. The predicted molar refractivity (Wildman–Crippen MR) is 111 cm³/mol. The molecule has 0 aliphatic rings. The van der Waals surface area contributed by atoms with Gasteiger partial charge in [-0.25, -0.2) is 4.79 Å². The first kappa shape index (κ1) is 25.6. The molecule has 3 nitrogen and oxygen atoms in total. The van der Waals surface area contributed by atoms with Gasteiger partial charge in [-0.1, -0.05) is 18.7 Å². The van der Waals surface area contributed by atoms with Gasteiger partial charge in [0, 0.05) is 17.6 Å². The van der Waals surface area contributed by atoms with Gasteiger partial charge in [0.25, 0.3) is 0 Å². The van der Waals surface area contributed by atoms with E-state index in [0.717, 1.165) is 35.9 Å². The summed E-state index contributed by atoms with van der Waals surface area (Å²) in [6.07, 6.45) is 6.64. The van der Waals surface area contributed by atoms with E-state index < -0.39 is 11.2 Å². The second-order valence-corrected chi connectivity index (χ2v) is 8.72. The molecule has 1 N–H and O–H groups in total. The Kier molecular flexibility index (Phi) is 15.6. The molecule has 0 saturated carbocycles. The molecule has 0 aromatic rings. The van der Waals surface area contributed by atoms with Crippen molar-refractivity contribution >= 4 is 29.5 Å². The van der Waals surface area contributed by atoms with E-state index in [9.17, 15) is 9.90 Å². The van der Waals surface area contributed by atoms with Gasteiger partial charge in [-0.3, -0.25) is 0 Å². The fraction of sp³-hybridized carbons (Fsp3) is 0.632. The van der Waals surface area contributed by atoms with Crippen LogP contribution in [0.25, 0.3) is 0 Å². The van der Waals surface area contributed by atoms with E-state index in [0.29, 0.717) is 0 Å². The van der Waals surface area contributed by atoms with E-state index in [4.69, 9.17) is 4.74 Å². The van der Waals surface area contributed by atoms with Crippen molar-refractivity contribution in [3.63, 3.8) is 0 Å². The van der Waals surface area contributed by atoms with Gasteiger partial charge >= 0.3 is 5.97 Å². The predicted octanol–water partition coefficient (Wildman–Crippen LogP) is 4.87. The van der Waals surface area contributed by atoms with Gasteiger partial charge in [-0.2, -0.15) is 23.5 Å². The lowest BCUT2D eigenvalue weighted by Gasteiger charge is -2.24. The normalized spacial score (nSPS) is 11.0. The second kappa shape index (κ2) is 14.7. The number of aliphatic hydroxyl groups is 1. The maximum atomic E-state index is 11.0. The molecule has 24 heavy (non-hydrogen) atoms. The van der Waals surface area contributed by atoms with Crippen LogP contribution in [0.3, 0.4) is 0 Å². The van der Waals surface area contributed by atoms with Crippen molar-refractivity contribution in [3.8, 4) is 0 Å². The number of esters is 1. The average molecular weight is 375 g/mol. The average Bonchev–Trinajstić information content (AvgIpc) is 2.47. The topological polar surface area (TPSA) is 46.5 Å². The first-order valence-corrected chi connectivity index (χ1v) is 10.3. The Labute approximate surface area is 157 Å². The molecule has 0 saturated heterocycles. The molecule has 0 radical (unpaired) electrons. The molecular weight excluding hydrogens is 340 g/mol. The van der Waals surface area contributed by atoms with Crippen molar-refractivity contribution in [1.82, 2.24) is 0 Å². The van der Waals surface area contributed by atoms with Crippen molar-refractivity contribution in [2.45, 2.75) is 51.7 Å². The van der Waals surface area contributed by atoms with Crippen LogP contribution in [0.1, 0.15) is 40.5 Å². The van der Waals surface area contributed by atoms with E-state index in [2.05, 4.69) is 19.7 Å². The number of hydrogen-bond acceptors (Lipinski definition) is 5. The number of hydrogen-bond donors (Lipinski definition) is 1. The second-order valence-electron chi connectivity index (χ2n) is 6.42. The van der Waals surface area contributed by atoms with Gasteiger partial charge in [-0.05, 0) is 52.0 Å². The number of carbonyl (C=O) groups is 1. The highest BCUT2D eigenvalue weighted by Gasteiger charge is 2.20. The van der Waals surface area contributed by atoms with Crippen LogP contribution in [-0.2, 0) is 9.53 Å². The fourth-order valence-electron chi connectivity index (χ4n) is 1.34. The molecule has 0 rings (SSSR count). The van der Waals surface area contributed by atoms with Gasteiger partial charge in [0.15, 0.2) is 0 Å². The van der Waals surface area contributed by atoms with Crippen LogP contribution in [0.4, 0.5) is 0 Å². The first-order chi connectivity index (χ1) is 11.1. The number of ether oxygens (including phenoxy) is 1. The Morgan fingerprint density at radius 2 is 1.46 bits per heavy atom. The van der Waals surface area contributed by atoms with E-state index in [1.165, 1.54) is 6.08 Å². The molecular formula is C19H34O3S2. The highest BCUT2D eigenvalue weighted by molar-refractivity contribution is 7.99. The molecule has 0 bridgehead atoms. The molecule has 0 aliphatic heterocycles. The van der Waals surface area contributed by atoms with Gasteiger partial charge in [0.05, 0.1) is 5.60 Å². The molecule has 0 heterocycles. The van der Waals surface area contributed by atoms with Crippen molar-refractivity contribution < 1.29 is 14.6 Å². The van der Waals surface area contributed by atoms with Crippen LogP contribution in [0.5, 0.6) is 0 Å². The third-order valence-corrected chi connectivity index (χ3v) is 4.65. The Hall–Kier alpha value is -0.650. The van der Waals surface area contributed by atoms with Gasteiger partial charge in [0.2, 0.25) is 0 Å². The van der Waals surface area contributed by atoms with Crippen LogP contribution in [0.2, 0.25) is 0 Å². The lowest BCUT2D eigenvalue weighted by molar-refractivity contribution is -0.150. The minimum atomic E-state index is -0.506. The van der Waals surface area contributed by atoms with Crippen LogP contribution in [0, 0.1) is 0 Å². The number of carbonyl (C=O) groups excluding carboxylic acids is 1. The zero-order valence-corrected chi connectivity index (χ0v) is 17.3. The summed E-state index contributed by atoms with van der Waals surface area (Å²) >= 11 is 3.58. The molecule has 0 aromatic carbocycles. The Morgan fingerprint density at radius 1 is 1.00 bits per heavy atom.